The van der Waals surface area contributed by atoms with E-state index in [-0.39, 0.29) is 24.1 Å². The molecule has 0 aliphatic carbocycles. The van der Waals surface area contributed by atoms with Crippen molar-refractivity contribution in [3.05, 3.63) is 83.9 Å². The highest BCUT2D eigenvalue weighted by Crippen LogP contribution is 2.27. The van der Waals surface area contributed by atoms with Gasteiger partial charge < -0.3 is 10.2 Å². The fraction of sp³-hybridized carbons (Fsp3) is 0.261. The molecule has 0 radical (unpaired) electrons. The Morgan fingerprint density at radius 2 is 1.90 bits per heavy atom. The highest BCUT2D eigenvalue weighted by molar-refractivity contribution is 5.79. The summed E-state index contributed by atoms with van der Waals surface area (Å²) in [5, 5.41) is 3.21. The third-order valence-electron chi connectivity index (χ3n) is 5.20. The number of amides is 1. The minimum atomic E-state index is -0.332. The van der Waals surface area contributed by atoms with Crippen molar-refractivity contribution in [2.75, 3.05) is 18.4 Å². The average Bonchev–Trinajstić information content (AvgIpc) is 2.76. The summed E-state index contributed by atoms with van der Waals surface area (Å²) in [6.07, 6.45) is 3.70. The Morgan fingerprint density at radius 1 is 1.10 bits per heavy atom. The van der Waals surface area contributed by atoms with Crippen LogP contribution in [0.4, 0.5) is 16.0 Å². The van der Waals surface area contributed by atoms with Crippen LogP contribution in [0.3, 0.4) is 0 Å². The van der Waals surface area contributed by atoms with Gasteiger partial charge in [-0.05, 0) is 42.7 Å². The molecule has 1 N–H and O–H groups in total. The summed E-state index contributed by atoms with van der Waals surface area (Å²) in [4.78, 5) is 23.5. The number of nitrogens with one attached hydrogen (secondary N) is 1. The van der Waals surface area contributed by atoms with Crippen LogP contribution in [-0.2, 0) is 11.2 Å². The average molecular weight is 390 g/mol. The molecule has 1 aliphatic heterocycles. The van der Waals surface area contributed by atoms with Crippen molar-refractivity contribution in [2.45, 2.75) is 25.2 Å². The minimum Gasteiger partial charge on any atom is -0.342 e. The van der Waals surface area contributed by atoms with Gasteiger partial charge in [0, 0.05) is 30.9 Å². The molecule has 0 spiro atoms. The first-order chi connectivity index (χ1) is 14.2. The Bertz CT molecular complexity index is 979. The molecule has 0 bridgehead atoms. The van der Waals surface area contributed by atoms with E-state index in [1.54, 1.807) is 24.4 Å². The van der Waals surface area contributed by atoms with Crippen LogP contribution in [0.5, 0.6) is 0 Å². The van der Waals surface area contributed by atoms with Crippen LogP contribution in [0.15, 0.2) is 66.9 Å². The van der Waals surface area contributed by atoms with E-state index >= 15 is 0 Å². The number of carbonyl (C=O) groups is 1. The van der Waals surface area contributed by atoms with Gasteiger partial charge in [0.2, 0.25) is 11.9 Å². The molecule has 1 saturated heterocycles. The molecule has 1 atom stereocenters. The van der Waals surface area contributed by atoms with E-state index in [1.165, 1.54) is 6.07 Å². The lowest BCUT2D eigenvalue weighted by molar-refractivity contribution is -0.131. The number of likely N-dealkylation sites (tertiary alicyclic amines) is 1. The molecule has 2 aromatic carbocycles. The van der Waals surface area contributed by atoms with E-state index in [4.69, 9.17) is 0 Å². The molecule has 0 saturated carbocycles. The predicted molar refractivity (Wildman–Crippen MR) is 110 cm³/mol. The van der Waals surface area contributed by atoms with E-state index in [9.17, 15) is 9.18 Å². The SMILES string of the molecule is O=C(Cc1ccccc1F)N1CCCC(c2ccnc(Nc3ccccc3)n2)C1. The normalized spacial score (nSPS) is 16.4. The van der Waals surface area contributed by atoms with Crippen LogP contribution in [0.25, 0.3) is 0 Å². The number of anilines is 2. The summed E-state index contributed by atoms with van der Waals surface area (Å²) < 4.78 is 13.9. The second kappa shape index (κ2) is 8.82. The van der Waals surface area contributed by atoms with Gasteiger partial charge in [-0.2, -0.15) is 0 Å². The zero-order valence-corrected chi connectivity index (χ0v) is 16.1. The van der Waals surface area contributed by atoms with Crippen molar-refractivity contribution in [3.8, 4) is 0 Å². The summed E-state index contributed by atoms with van der Waals surface area (Å²) in [6, 6.07) is 18.1. The largest absolute Gasteiger partial charge is 0.342 e. The van der Waals surface area contributed by atoms with Crippen LogP contribution in [-0.4, -0.2) is 33.9 Å². The number of rotatable bonds is 5. The standard InChI is InChI=1S/C23H23FN4O/c24-20-11-5-4-7-17(20)15-22(29)28-14-6-8-18(16-28)21-12-13-25-23(27-21)26-19-9-2-1-3-10-19/h1-5,7,9-13,18H,6,8,14-16H2,(H,25,26,27). The van der Waals surface area contributed by atoms with Crippen LogP contribution in [0, 0.1) is 5.82 Å². The second-order valence-electron chi connectivity index (χ2n) is 7.24. The van der Waals surface area contributed by atoms with Crippen molar-refractivity contribution in [3.63, 3.8) is 0 Å². The number of hydrogen-bond donors (Lipinski definition) is 1. The Hall–Kier alpha value is -3.28. The number of carbonyl (C=O) groups excluding carboxylic acids is 1. The van der Waals surface area contributed by atoms with Crippen molar-refractivity contribution in [1.29, 1.82) is 0 Å². The number of hydrogen-bond acceptors (Lipinski definition) is 4. The summed E-state index contributed by atoms with van der Waals surface area (Å²) in [5.74, 6) is 0.314. The fourth-order valence-electron chi connectivity index (χ4n) is 3.67. The molecular formula is C23H23FN4O. The van der Waals surface area contributed by atoms with Gasteiger partial charge in [0.15, 0.2) is 0 Å². The molecule has 1 aromatic heterocycles. The number of para-hydroxylation sites is 1. The van der Waals surface area contributed by atoms with Crippen LogP contribution in [0.2, 0.25) is 0 Å². The highest BCUT2D eigenvalue weighted by atomic mass is 19.1. The fourth-order valence-corrected chi connectivity index (χ4v) is 3.67. The summed E-state index contributed by atoms with van der Waals surface area (Å²) in [5.41, 5.74) is 2.29. The maximum Gasteiger partial charge on any atom is 0.227 e. The van der Waals surface area contributed by atoms with E-state index in [2.05, 4.69) is 15.3 Å². The molecule has 4 rings (SSSR count). The lowest BCUT2D eigenvalue weighted by Gasteiger charge is -2.32. The van der Waals surface area contributed by atoms with Crippen LogP contribution < -0.4 is 5.32 Å². The third kappa shape index (κ3) is 4.77. The quantitative estimate of drug-likeness (QED) is 0.705. The molecule has 1 aliphatic rings. The van der Waals surface area contributed by atoms with Gasteiger partial charge in [-0.1, -0.05) is 36.4 Å². The van der Waals surface area contributed by atoms with E-state index in [1.807, 2.05) is 41.3 Å². The summed E-state index contributed by atoms with van der Waals surface area (Å²) in [6.45, 7) is 1.29. The molecule has 29 heavy (non-hydrogen) atoms. The zero-order chi connectivity index (χ0) is 20.1. The van der Waals surface area contributed by atoms with E-state index in [0.29, 0.717) is 24.6 Å². The maximum absolute atomic E-state index is 13.9. The summed E-state index contributed by atoms with van der Waals surface area (Å²) >= 11 is 0. The van der Waals surface area contributed by atoms with Gasteiger partial charge in [-0.25, -0.2) is 14.4 Å². The van der Waals surface area contributed by atoms with Crippen molar-refractivity contribution >= 4 is 17.5 Å². The molecule has 6 heteroatoms. The van der Waals surface area contributed by atoms with Gasteiger partial charge in [0.25, 0.3) is 0 Å². The first-order valence-corrected chi connectivity index (χ1v) is 9.85. The van der Waals surface area contributed by atoms with Crippen molar-refractivity contribution in [2.24, 2.45) is 0 Å². The molecule has 1 amide bonds. The summed E-state index contributed by atoms with van der Waals surface area (Å²) in [7, 11) is 0. The van der Waals surface area contributed by atoms with E-state index < -0.39 is 0 Å². The molecular weight excluding hydrogens is 367 g/mol. The first kappa shape index (κ1) is 19.1. The molecule has 2 heterocycles. The van der Waals surface area contributed by atoms with Crippen LogP contribution in [0.1, 0.15) is 30.0 Å². The van der Waals surface area contributed by atoms with Crippen molar-refractivity contribution < 1.29 is 9.18 Å². The zero-order valence-electron chi connectivity index (χ0n) is 16.1. The number of piperidine rings is 1. The Labute approximate surface area is 169 Å². The second-order valence-corrected chi connectivity index (χ2v) is 7.24. The number of aromatic nitrogens is 2. The van der Waals surface area contributed by atoms with E-state index in [0.717, 1.165) is 24.2 Å². The third-order valence-corrected chi connectivity index (χ3v) is 5.20. The number of halogens is 1. The van der Waals surface area contributed by atoms with Gasteiger partial charge in [0.1, 0.15) is 5.82 Å². The minimum absolute atomic E-state index is 0.0449. The highest BCUT2D eigenvalue weighted by Gasteiger charge is 2.26. The van der Waals surface area contributed by atoms with Gasteiger partial charge in [-0.3, -0.25) is 4.79 Å². The molecule has 1 fully saturated rings. The van der Waals surface area contributed by atoms with Gasteiger partial charge in [-0.15, -0.1) is 0 Å². The molecule has 148 valence electrons. The number of nitrogens with zero attached hydrogens (tertiary/aromatic N) is 3. The number of benzene rings is 2. The Morgan fingerprint density at radius 3 is 2.72 bits per heavy atom. The van der Waals surface area contributed by atoms with Gasteiger partial charge >= 0.3 is 0 Å². The monoisotopic (exact) mass is 390 g/mol. The Balaban J connectivity index is 1.43. The van der Waals surface area contributed by atoms with Gasteiger partial charge in [0.05, 0.1) is 12.1 Å². The lowest BCUT2D eigenvalue weighted by atomic mass is 9.94. The smallest absolute Gasteiger partial charge is 0.227 e. The predicted octanol–water partition coefficient (Wildman–Crippen LogP) is 4.31. The lowest BCUT2D eigenvalue weighted by Crippen LogP contribution is -2.40. The topological polar surface area (TPSA) is 58.1 Å². The molecule has 5 nitrogen and oxygen atoms in total. The van der Waals surface area contributed by atoms with Crippen molar-refractivity contribution in [1.82, 2.24) is 14.9 Å². The first-order valence-electron chi connectivity index (χ1n) is 9.85. The maximum atomic E-state index is 13.9. The van der Waals surface area contributed by atoms with Crippen LogP contribution >= 0.6 is 0 Å². The molecule has 1 unspecified atom stereocenters. The Kier molecular flexibility index (Phi) is 5.79. The molecule has 3 aromatic rings.